The van der Waals surface area contributed by atoms with Gasteiger partial charge in [-0.05, 0) is 12.1 Å². The largest absolute Gasteiger partial charge is 0.508 e. The SMILES string of the molecule is CC.CC.Nc1cccc(O)c1. The first-order valence-electron chi connectivity index (χ1n) is 4.33. The Kier molecular flexibility index (Phi) is 11.0. The summed E-state index contributed by atoms with van der Waals surface area (Å²) in [6, 6.07) is 6.50. The van der Waals surface area contributed by atoms with Crippen molar-refractivity contribution in [1.29, 1.82) is 0 Å². The molecular formula is C10H19NO. The number of anilines is 1. The lowest BCUT2D eigenvalue weighted by molar-refractivity contribution is 0.475. The molecule has 70 valence electrons. The van der Waals surface area contributed by atoms with Gasteiger partial charge in [-0.25, -0.2) is 0 Å². The Balaban J connectivity index is 0. The van der Waals surface area contributed by atoms with Gasteiger partial charge in [-0.3, -0.25) is 0 Å². The van der Waals surface area contributed by atoms with Crippen LogP contribution in [0, 0.1) is 0 Å². The molecule has 0 aliphatic heterocycles. The van der Waals surface area contributed by atoms with E-state index in [9.17, 15) is 0 Å². The molecule has 0 unspecified atom stereocenters. The Hall–Kier alpha value is -1.18. The zero-order chi connectivity index (χ0) is 9.98. The average molecular weight is 169 g/mol. The molecule has 0 heterocycles. The summed E-state index contributed by atoms with van der Waals surface area (Å²) in [7, 11) is 0. The van der Waals surface area contributed by atoms with Gasteiger partial charge in [0.05, 0.1) is 0 Å². The Morgan fingerprint density at radius 3 is 1.83 bits per heavy atom. The highest BCUT2D eigenvalue weighted by atomic mass is 16.3. The molecule has 0 aromatic heterocycles. The molecule has 2 nitrogen and oxygen atoms in total. The molecule has 0 aliphatic rings. The van der Waals surface area contributed by atoms with E-state index in [2.05, 4.69) is 0 Å². The number of nitrogen functional groups attached to an aromatic ring is 1. The molecule has 0 bridgehead atoms. The van der Waals surface area contributed by atoms with Gasteiger partial charge in [0.25, 0.3) is 0 Å². The molecule has 0 radical (unpaired) electrons. The number of hydrogen-bond acceptors (Lipinski definition) is 2. The van der Waals surface area contributed by atoms with Crippen LogP contribution in [0.1, 0.15) is 27.7 Å². The number of nitrogens with two attached hydrogens (primary N) is 1. The summed E-state index contributed by atoms with van der Waals surface area (Å²) in [6.45, 7) is 8.00. The third kappa shape index (κ3) is 6.93. The van der Waals surface area contributed by atoms with Gasteiger partial charge in [0.15, 0.2) is 0 Å². The third-order valence-electron chi connectivity index (χ3n) is 0.870. The lowest BCUT2D eigenvalue weighted by Gasteiger charge is -1.90. The summed E-state index contributed by atoms with van der Waals surface area (Å²) in [5.74, 6) is 0.213. The summed E-state index contributed by atoms with van der Waals surface area (Å²) in [6.07, 6.45) is 0. The van der Waals surface area contributed by atoms with E-state index < -0.39 is 0 Å². The highest BCUT2D eigenvalue weighted by molar-refractivity contribution is 5.42. The highest BCUT2D eigenvalue weighted by Crippen LogP contribution is 2.10. The van der Waals surface area contributed by atoms with E-state index in [1.54, 1.807) is 18.2 Å². The zero-order valence-electron chi connectivity index (χ0n) is 8.33. The van der Waals surface area contributed by atoms with Crippen molar-refractivity contribution in [1.82, 2.24) is 0 Å². The average Bonchev–Trinajstić information content (AvgIpc) is 2.11. The molecule has 0 fully saturated rings. The first kappa shape index (κ1) is 13.4. The summed E-state index contributed by atoms with van der Waals surface area (Å²) in [5, 5.41) is 8.73. The molecule has 1 aromatic rings. The van der Waals surface area contributed by atoms with Crippen molar-refractivity contribution in [2.75, 3.05) is 5.73 Å². The maximum Gasteiger partial charge on any atom is 0.117 e. The van der Waals surface area contributed by atoms with E-state index in [-0.39, 0.29) is 5.75 Å². The fraction of sp³-hybridized carbons (Fsp3) is 0.400. The topological polar surface area (TPSA) is 46.2 Å². The van der Waals surface area contributed by atoms with Crippen molar-refractivity contribution in [3.63, 3.8) is 0 Å². The standard InChI is InChI=1S/C6H7NO.2C2H6/c7-5-2-1-3-6(8)4-5;2*1-2/h1-4,8H,7H2;2*1-2H3. The fourth-order valence-electron chi connectivity index (χ4n) is 0.525. The van der Waals surface area contributed by atoms with Gasteiger partial charge in [-0.1, -0.05) is 33.8 Å². The molecule has 0 saturated heterocycles. The monoisotopic (exact) mass is 169 g/mol. The van der Waals surface area contributed by atoms with Gasteiger partial charge in [-0.15, -0.1) is 0 Å². The molecule has 1 rings (SSSR count). The Morgan fingerprint density at radius 1 is 1.08 bits per heavy atom. The summed E-state index contributed by atoms with van der Waals surface area (Å²) in [5.41, 5.74) is 5.89. The van der Waals surface area contributed by atoms with Crippen LogP contribution < -0.4 is 5.73 Å². The number of benzene rings is 1. The van der Waals surface area contributed by atoms with Gasteiger partial charge in [0.2, 0.25) is 0 Å². The van der Waals surface area contributed by atoms with Crippen molar-refractivity contribution in [2.45, 2.75) is 27.7 Å². The minimum absolute atomic E-state index is 0.213. The van der Waals surface area contributed by atoms with E-state index in [4.69, 9.17) is 10.8 Å². The van der Waals surface area contributed by atoms with Crippen LogP contribution in [0.15, 0.2) is 24.3 Å². The van der Waals surface area contributed by atoms with Crippen LogP contribution in [0.5, 0.6) is 5.75 Å². The van der Waals surface area contributed by atoms with Gasteiger partial charge in [0.1, 0.15) is 5.75 Å². The van der Waals surface area contributed by atoms with E-state index in [0.29, 0.717) is 5.69 Å². The van der Waals surface area contributed by atoms with Crippen LogP contribution in [-0.4, -0.2) is 5.11 Å². The van der Waals surface area contributed by atoms with Crippen LogP contribution in [-0.2, 0) is 0 Å². The third-order valence-corrected chi connectivity index (χ3v) is 0.870. The predicted molar refractivity (Wildman–Crippen MR) is 55.2 cm³/mol. The first-order valence-corrected chi connectivity index (χ1v) is 4.33. The van der Waals surface area contributed by atoms with E-state index in [1.165, 1.54) is 6.07 Å². The molecule has 1 aromatic carbocycles. The summed E-state index contributed by atoms with van der Waals surface area (Å²) >= 11 is 0. The molecular weight excluding hydrogens is 150 g/mol. The number of phenolic OH excluding ortho intramolecular Hbond substituents is 1. The molecule has 0 atom stereocenters. The van der Waals surface area contributed by atoms with E-state index >= 15 is 0 Å². The predicted octanol–water partition coefficient (Wildman–Crippen LogP) is 3.03. The first-order chi connectivity index (χ1) is 5.79. The second-order valence-corrected chi connectivity index (χ2v) is 1.59. The van der Waals surface area contributed by atoms with Gasteiger partial charge in [-0.2, -0.15) is 0 Å². The van der Waals surface area contributed by atoms with Gasteiger partial charge in [0, 0.05) is 11.8 Å². The van der Waals surface area contributed by atoms with Gasteiger partial charge < -0.3 is 10.8 Å². The lowest BCUT2D eigenvalue weighted by Crippen LogP contribution is -1.80. The fourth-order valence-corrected chi connectivity index (χ4v) is 0.525. The van der Waals surface area contributed by atoms with E-state index in [1.807, 2.05) is 27.7 Å². The smallest absolute Gasteiger partial charge is 0.117 e. The van der Waals surface area contributed by atoms with Crippen LogP contribution in [0.4, 0.5) is 5.69 Å². The number of hydrogen-bond donors (Lipinski definition) is 2. The Morgan fingerprint density at radius 2 is 1.58 bits per heavy atom. The summed E-state index contributed by atoms with van der Waals surface area (Å²) < 4.78 is 0. The van der Waals surface area contributed by atoms with Crippen molar-refractivity contribution >= 4 is 5.69 Å². The van der Waals surface area contributed by atoms with E-state index in [0.717, 1.165) is 0 Å². The lowest BCUT2D eigenvalue weighted by atomic mass is 10.3. The molecule has 3 N–H and O–H groups in total. The number of rotatable bonds is 0. The van der Waals surface area contributed by atoms with Crippen LogP contribution >= 0.6 is 0 Å². The molecule has 2 heteroatoms. The van der Waals surface area contributed by atoms with Crippen molar-refractivity contribution < 1.29 is 5.11 Å². The van der Waals surface area contributed by atoms with Crippen LogP contribution in [0.2, 0.25) is 0 Å². The molecule has 0 amide bonds. The molecule has 0 aliphatic carbocycles. The maximum absolute atomic E-state index is 8.73. The highest BCUT2D eigenvalue weighted by Gasteiger charge is 1.83. The molecule has 0 saturated carbocycles. The Bertz CT molecular complexity index is 170. The van der Waals surface area contributed by atoms with Crippen molar-refractivity contribution in [3.05, 3.63) is 24.3 Å². The normalized spacial score (nSPS) is 7.00. The second-order valence-electron chi connectivity index (χ2n) is 1.59. The van der Waals surface area contributed by atoms with Crippen LogP contribution in [0.3, 0.4) is 0 Å². The number of aromatic hydroxyl groups is 1. The van der Waals surface area contributed by atoms with Crippen molar-refractivity contribution in [3.8, 4) is 5.75 Å². The second kappa shape index (κ2) is 9.82. The number of phenols is 1. The minimum Gasteiger partial charge on any atom is -0.508 e. The zero-order valence-corrected chi connectivity index (χ0v) is 8.33. The summed E-state index contributed by atoms with van der Waals surface area (Å²) in [4.78, 5) is 0. The van der Waals surface area contributed by atoms with Crippen LogP contribution in [0.25, 0.3) is 0 Å². The minimum atomic E-state index is 0.213. The van der Waals surface area contributed by atoms with Gasteiger partial charge >= 0.3 is 0 Å². The van der Waals surface area contributed by atoms with Crippen molar-refractivity contribution in [2.24, 2.45) is 0 Å². The molecule has 12 heavy (non-hydrogen) atoms. The molecule has 0 spiro atoms. The quantitative estimate of drug-likeness (QED) is 0.586. The maximum atomic E-state index is 8.73. The Labute approximate surface area is 75.0 Å².